The standard InChI is InChI=1S/C10H16N2O3S/c1-9(2,7-11)5-6-12-8(13)10(3,4)16(12,14)15/h5-6H2,1-4H3. The van der Waals surface area contributed by atoms with Gasteiger partial charge in [-0.1, -0.05) is 0 Å². The maximum atomic E-state index is 11.7. The molecule has 1 amide bonds. The molecule has 1 saturated heterocycles. The van der Waals surface area contributed by atoms with Gasteiger partial charge in [0.1, 0.15) is 0 Å². The third-order valence-electron chi connectivity index (χ3n) is 2.92. The van der Waals surface area contributed by atoms with E-state index in [1.165, 1.54) is 13.8 Å². The fourth-order valence-corrected chi connectivity index (χ4v) is 2.94. The Morgan fingerprint density at radius 3 is 2.31 bits per heavy atom. The van der Waals surface area contributed by atoms with Crippen LogP contribution in [-0.4, -0.2) is 29.9 Å². The summed E-state index contributed by atoms with van der Waals surface area (Å²) in [7, 11) is -3.51. The minimum absolute atomic E-state index is 0.0884. The van der Waals surface area contributed by atoms with Crippen LogP contribution in [0.2, 0.25) is 0 Å². The number of carbonyl (C=O) groups is 1. The molecule has 16 heavy (non-hydrogen) atoms. The van der Waals surface area contributed by atoms with E-state index in [0.717, 1.165) is 4.31 Å². The van der Waals surface area contributed by atoms with Crippen molar-refractivity contribution in [2.75, 3.05) is 6.54 Å². The first-order valence-corrected chi connectivity index (χ1v) is 6.48. The summed E-state index contributed by atoms with van der Waals surface area (Å²) >= 11 is 0. The second-order valence-electron chi connectivity index (χ2n) is 5.14. The summed E-state index contributed by atoms with van der Waals surface area (Å²) in [5.41, 5.74) is -0.616. The molecule has 0 aromatic rings. The van der Waals surface area contributed by atoms with Gasteiger partial charge in [0.2, 0.25) is 0 Å². The largest absolute Gasteiger partial charge is 0.272 e. The number of nitrogens with zero attached hydrogens (tertiary/aromatic N) is 2. The van der Waals surface area contributed by atoms with Gasteiger partial charge in [0.05, 0.1) is 11.5 Å². The van der Waals surface area contributed by atoms with Crippen molar-refractivity contribution in [3.05, 3.63) is 0 Å². The Hall–Kier alpha value is -1.09. The lowest BCUT2D eigenvalue weighted by Crippen LogP contribution is -2.67. The van der Waals surface area contributed by atoms with Gasteiger partial charge in [-0.25, -0.2) is 12.7 Å². The molecule has 0 spiro atoms. The second-order valence-corrected chi connectivity index (χ2v) is 7.55. The van der Waals surface area contributed by atoms with Crippen LogP contribution in [0.25, 0.3) is 0 Å². The molecule has 0 saturated carbocycles. The van der Waals surface area contributed by atoms with Crippen molar-refractivity contribution in [3.63, 3.8) is 0 Å². The van der Waals surface area contributed by atoms with Crippen LogP contribution in [0.15, 0.2) is 0 Å². The first-order chi connectivity index (χ1) is 7.06. The van der Waals surface area contributed by atoms with Gasteiger partial charge in [0, 0.05) is 6.54 Å². The molecule has 0 atom stereocenters. The molecular formula is C10H16N2O3S. The molecule has 1 rings (SSSR count). The van der Waals surface area contributed by atoms with Crippen LogP contribution in [0.1, 0.15) is 34.1 Å². The zero-order valence-electron chi connectivity index (χ0n) is 9.94. The van der Waals surface area contributed by atoms with Gasteiger partial charge in [-0.3, -0.25) is 4.79 Å². The van der Waals surface area contributed by atoms with E-state index in [1.54, 1.807) is 13.8 Å². The summed E-state index contributed by atoms with van der Waals surface area (Å²) in [5, 5.41) is 8.79. The van der Waals surface area contributed by atoms with Crippen molar-refractivity contribution in [1.82, 2.24) is 4.31 Å². The summed E-state index contributed by atoms with van der Waals surface area (Å²) < 4.78 is 23.0. The van der Waals surface area contributed by atoms with Gasteiger partial charge >= 0.3 is 0 Å². The first kappa shape index (κ1) is 13.0. The van der Waals surface area contributed by atoms with Crippen molar-refractivity contribution < 1.29 is 13.2 Å². The van der Waals surface area contributed by atoms with E-state index in [0.29, 0.717) is 6.42 Å². The van der Waals surface area contributed by atoms with E-state index in [4.69, 9.17) is 5.26 Å². The van der Waals surface area contributed by atoms with Crippen LogP contribution in [0.5, 0.6) is 0 Å². The van der Waals surface area contributed by atoms with Crippen LogP contribution in [-0.2, 0) is 14.8 Å². The topological polar surface area (TPSA) is 78.2 Å². The van der Waals surface area contributed by atoms with E-state index in [9.17, 15) is 13.2 Å². The van der Waals surface area contributed by atoms with Crippen LogP contribution in [0, 0.1) is 16.7 Å². The molecule has 6 heteroatoms. The van der Waals surface area contributed by atoms with Crippen molar-refractivity contribution in [2.24, 2.45) is 5.41 Å². The summed E-state index contributed by atoms with van der Waals surface area (Å²) in [6.45, 7) is 6.32. The molecule has 0 aromatic heterocycles. The van der Waals surface area contributed by atoms with E-state index in [-0.39, 0.29) is 12.5 Å². The molecule has 5 nitrogen and oxygen atoms in total. The third kappa shape index (κ3) is 1.69. The Balaban J connectivity index is 2.75. The van der Waals surface area contributed by atoms with Gasteiger partial charge in [-0.2, -0.15) is 5.26 Å². The fraction of sp³-hybridized carbons (Fsp3) is 0.800. The fourth-order valence-electron chi connectivity index (χ4n) is 1.41. The Bertz CT molecular complexity index is 457. The molecule has 90 valence electrons. The minimum Gasteiger partial charge on any atom is -0.272 e. The lowest BCUT2D eigenvalue weighted by molar-refractivity contribution is -0.132. The quantitative estimate of drug-likeness (QED) is 0.738. The second kappa shape index (κ2) is 3.45. The molecule has 1 aliphatic heterocycles. The smallest absolute Gasteiger partial charge is 0.258 e. The highest BCUT2D eigenvalue weighted by Crippen LogP contribution is 2.35. The molecule has 0 aromatic carbocycles. The zero-order valence-corrected chi connectivity index (χ0v) is 10.8. The van der Waals surface area contributed by atoms with Gasteiger partial charge in [0.25, 0.3) is 15.9 Å². The van der Waals surface area contributed by atoms with Gasteiger partial charge in [-0.15, -0.1) is 0 Å². The molecular weight excluding hydrogens is 228 g/mol. The molecule has 1 heterocycles. The lowest BCUT2D eigenvalue weighted by Gasteiger charge is -2.43. The monoisotopic (exact) mass is 244 g/mol. The molecule has 1 aliphatic rings. The zero-order chi connectivity index (χ0) is 12.8. The summed E-state index contributed by atoms with van der Waals surface area (Å²) in [6.07, 6.45) is 0.352. The molecule has 1 fully saturated rings. The number of sulfonamides is 1. The van der Waals surface area contributed by atoms with Gasteiger partial charge in [-0.05, 0) is 34.1 Å². The van der Waals surface area contributed by atoms with Crippen LogP contribution >= 0.6 is 0 Å². The van der Waals surface area contributed by atoms with E-state index < -0.39 is 20.2 Å². The van der Waals surface area contributed by atoms with Crippen LogP contribution < -0.4 is 0 Å². The predicted octanol–water partition coefficient (Wildman–Crippen LogP) is 0.877. The van der Waals surface area contributed by atoms with E-state index >= 15 is 0 Å². The average Bonchev–Trinajstić information content (AvgIpc) is 2.17. The minimum atomic E-state index is -3.51. The molecule has 0 radical (unpaired) electrons. The summed E-state index contributed by atoms with van der Waals surface area (Å²) in [5.74, 6) is -0.388. The predicted molar refractivity (Wildman–Crippen MR) is 58.7 cm³/mol. The highest BCUT2D eigenvalue weighted by atomic mass is 32.2. The Kier molecular flexibility index (Phi) is 2.80. The van der Waals surface area contributed by atoms with Crippen molar-refractivity contribution in [2.45, 2.75) is 38.9 Å². The maximum Gasteiger partial charge on any atom is 0.258 e. The summed E-state index contributed by atoms with van der Waals surface area (Å²) in [6, 6.07) is 2.07. The Morgan fingerprint density at radius 2 is 1.94 bits per heavy atom. The number of rotatable bonds is 3. The molecule has 0 unspecified atom stereocenters. The maximum absolute atomic E-state index is 11.7. The van der Waals surface area contributed by atoms with Gasteiger partial charge in [0.15, 0.2) is 4.75 Å². The highest BCUT2D eigenvalue weighted by Gasteiger charge is 2.59. The number of carbonyl (C=O) groups excluding carboxylic acids is 1. The SMILES string of the molecule is CC(C)(C#N)CCN1C(=O)C(C)(C)S1(=O)=O. The number of hydrogen-bond acceptors (Lipinski definition) is 4. The lowest BCUT2D eigenvalue weighted by atomic mass is 9.91. The highest BCUT2D eigenvalue weighted by molar-refractivity contribution is 7.94. The molecule has 0 aliphatic carbocycles. The normalized spacial score (nSPS) is 22.4. The molecule has 0 N–H and O–H groups in total. The number of nitriles is 1. The summed E-state index contributed by atoms with van der Waals surface area (Å²) in [4.78, 5) is 11.6. The van der Waals surface area contributed by atoms with Crippen LogP contribution in [0.4, 0.5) is 0 Å². The average molecular weight is 244 g/mol. The van der Waals surface area contributed by atoms with E-state index in [1.807, 2.05) is 0 Å². The number of amides is 1. The van der Waals surface area contributed by atoms with E-state index in [2.05, 4.69) is 6.07 Å². The Labute approximate surface area is 96.1 Å². The van der Waals surface area contributed by atoms with Gasteiger partial charge < -0.3 is 0 Å². The Morgan fingerprint density at radius 1 is 1.44 bits per heavy atom. The first-order valence-electron chi connectivity index (χ1n) is 5.04. The third-order valence-corrected chi connectivity index (χ3v) is 5.31. The van der Waals surface area contributed by atoms with Crippen molar-refractivity contribution >= 4 is 15.9 Å². The number of hydrogen-bond donors (Lipinski definition) is 0. The molecule has 0 bridgehead atoms. The van der Waals surface area contributed by atoms with Crippen molar-refractivity contribution in [1.29, 1.82) is 5.26 Å². The van der Waals surface area contributed by atoms with Crippen molar-refractivity contribution in [3.8, 4) is 6.07 Å². The van der Waals surface area contributed by atoms with Crippen LogP contribution in [0.3, 0.4) is 0 Å².